The lowest BCUT2D eigenvalue weighted by Gasteiger charge is -2.35. The Kier molecular flexibility index (Phi) is 8.78. The van der Waals surface area contributed by atoms with Crippen LogP contribution in [0.2, 0.25) is 0 Å². The Morgan fingerprint density at radius 2 is 1.89 bits per heavy atom. The Hall–Kier alpha value is -3.34. The van der Waals surface area contributed by atoms with Crippen LogP contribution in [-0.4, -0.2) is 65.5 Å². The van der Waals surface area contributed by atoms with E-state index >= 15 is 0 Å². The summed E-state index contributed by atoms with van der Waals surface area (Å²) in [7, 11) is -3.90. The predicted molar refractivity (Wildman–Crippen MR) is 137 cm³/mol. The number of ether oxygens (including phenoxy) is 1. The van der Waals surface area contributed by atoms with Gasteiger partial charge in [0.2, 0.25) is 0 Å². The third-order valence-corrected chi connectivity index (χ3v) is 7.86. The van der Waals surface area contributed by atoms with E-state index in [1.807, 2.05) is 30.3 Å². The molecule has 2 heterocycles. The number of imidazole rings is 1. The Labute approximate surface area is 209 Å². The fourth-order valence-corrected chi connectivity index (χ4v) is 6.04. The summed E-state index contributed by atoms with van der Waals surface area (Å²) in [4.78, 5) is 24.2. The minimum atomic E-state index is -3.90. The van der Waals surface area contributed by atoms with E-state index in [0.717, 1.165) is 5.56 Å². The van der Waals surface area contributed by atoms with Crippen LogP contribution in [0.5, 0.6) is 0 Å². The zero-order valence-corrected chi connectivity index (χ0v) is 21.9. The lowest BCUT2D eigenvalue weighted by molar-refractivity contribution is -0.141. The predicted octanol–water partition coefficient (Wildman–Crippen LogP) is 3.59. The lowest BCUT2D eigenvalue weighted by Crippen LogP contribution is -2.42. The van der Waals surface area contributed by atoms with E-state index < -0.39 is 31.7 Å². The second kappa shape index (κ2) is 11.6. The minimum absolute atomic E-state index is 0.270. The molecule has 2 aromatic heterocycles. The smallest absolute Gasteiger partial charge is 0.367 e. The monoisotopic (exact) mass is 517 g/mol. The van der Waals surface area contributed by atoms with Crippen LogP contribution < -0.4 is 5.73 Å². The van der Waals surface area contributed by atoms with Crippen molar-refractivity contribution >= 4 is 36.2 Å². The van der Waals surface area contributed by atoms with Crippen LogP contribution in [0.4, 0.5) is 5.82 Å². The Bertz CT molecular complexity index is 1260. The first-order valence-corrected chi connectivity index (χ1v) is 13.2. The van der Waals surface area contributed by atoms with Gasteiger partial charge in [-0.25, -0.2) is 19.6 Å². The molecule has 13 heteroatoms. The first kappa shape index (κ1) is 27.3. The molecule has 3 aromatic rings. The number of nitrogen functional groups attached to an aromatic ring is 1. The van der Waals surface area contributed by atoms with E-state index in [0.29, 0.717) is 23.4 Å². The number of carboxylic acid groups (broad SMARTS) is 1. The summed E-state index contributed by atoms with van der Waals surface area (Å²) in [5.74, 6) is -0.862. The van der Waals surface area contributed by atoms with Gasteiger partial charge in [-0.05, 0) is 40.2 Å². The molecule has 0 fully saturated rings. The van der Waals surface area contributed by atoms with E-state index in [9.17, 15) is 14.5 Å². The molecule has 3 atom stereocenters. The molecule has 0 amide bonds. The first-order valence-electron chi connectivity index (χ1n) is 11.5. The number of nitrogens with two attached hydrogens (primary N) is 1. The maximum absolute atomic E-state index is 14.2. The third kappa shape index (κ3) is 6.26. The van der Waals surface area contributed by atoms with Crippen molar-refractivity contribution in [1.29, 1.82) is 0 Å². The van der Waals surface area contributed by atoms with Crippen LogP contribution >= 0.6 is 7.52 Å². The second-order valence-corrected chi connectivity index (χ2v) is 10.8. The van der Waals surface area contributed by atoms with Gasteiger partial charge in [0.05, 0.1) is 24.7 Å². The number of rotatable bonds is 12. The molecule has 0 radical (unpaired) electrons. The van der Waals surface area contributed by atoms with Gasteiger partial charge in [0.15, 0.2) is 11.5 Å². The van der Waals surface area contributed by atoms with Crippen molar-refractivity contribution in [3.8, 4) is 0 Å². The zero-order valence-electron chi connectivity index (χ0n) is 21.0. The average Bonchev–Trinajstić information content (AvgIpc) is 3.25. The van der Waals surface area contributed by atoms with Crippen LogP contribution in [0, 0.1) is 0 Å². The SMILES string of the molecule is C/C(=N\OP(=O)(CO[C@@H](C)Cn1cnc2c(N)ncnc21)N(C(C)C)[C@@H](C)C(=O)O)c1ccccc1. The number of aliphatic carboxylic acids is 1. The average molecular weight is 518 g/mol. The Morgan fingerprint density at radius 3 is 2.53 bits per heavy atom. The summed E-state index contributed by atoms with van der Waals surface area (Å²) < 4.78 is 28.8. The number of hydrogen-bond acceptors (Lipinski definition) is 9. The van der Waals surface area contributed by atoms with Gasteiger partial charge in [-0.1, -0.05) is 35.5 Å². The van der Waals surface area contributed by atoms with Crippen molar-refractivity contribution in [2.75, 3.05) is 12.1 Å². The molecule has 0 aliphatic rings. The third-order valence-electron chi connectivity index (χ3n) is 5.54. The molecule has 0 saturated heterocycles. The molecule has 1 aromatic carbocycles. The van der Waals surface area contributed by atoms with Crippen LogP contribution in [0.1, 0.15) is 40.2 Å². The summed E-state index contributed by atoms with van der Waals surface area (Å²) >= 11 is 0. The van der Waals surface area contributed by atoms with Gasteiger partial charge in [-0.15, -0.1) is 0 Å². The molecule has 0 bridgehead atoms. The molecule has 0 aliphatic heterocycles. The van der Waals surface area contributed by atoms with Crippen LogP contribution in [0.25, 0.3) is 11.2 Å². The fourth-order valence-electron chi connectivity index (χ4n) is 3.75. The highest BCUT2D eigenvalue weighted by Crippen LogP contribution is 2.54. The number of fused-ring (bicyclic) bond motifs is 1. The normalized spacial score (nSPS) is 15.7. The van der Waals surface area contributed by atoms with Gasteiger partial charge in [-0.2, -0.15) is 0 Å². The molecule has 194 valence electrons. The largest absolute Gasteiger partial charge is 0.480 e. The van der Waals surface area contributed by atoms with Crippen molar-refractivity contribution in [1.82, 2.24) is 24.2 Å². The standard InChI is InChI=1S/C23H32N7O5P/c1-15(2)30(18(5)23(31)32)36(33,35-28-17(4)19-9-7-6-8-10-19)14-34-16(3)11-29-13-27-20-21(24)25-12-26-22(20)29/h6-10,12-13,15-16,18H,11,14H2,1-5H3,(H,31,32)(H2,24,25,26)/b28-17+/t16-,18-,36?/m0/s1. The number of aromatic nitrogens is 4. The van der Waals surface area contributed by atoms with E-state index in [4.69, 9.17) is 15.1 Å². The van der Waals surface area contributed by atoms with Crippen LogP contribution in [-0.2, 0) is 25.3 Å². The lowest BCUT2D eigenvalue weighted by atomic mass is 10.1. The van der Waals surface area contributed by atoms with E-state index in [-0.39, 0.29) is 12.2 Å². The summed E-state index contributed by atoms with van der Waals surface area (Å²) in [5.41, 5.74) is 8.16. The van der Waals surface area contributed by atoms with Crippen molar-refractivity contribution < 1.29 is 23.8 Å². The highest BCUT2D eigenvalue weighted by molar-refractivity contribution is 7.56. The van der Waals surface area contributed by atoms with E-state index in [1.54, 1.807) is 38.6 Å². The number of nitrogens with zero attached hydrogens (tertiary/aromatic N) is 6. The number of anilines is 1. The number of carbonyl (C=O) groups is 1. The second-order valence-electron chi connectivity index (χ2n) is 8.68. The molecule has 0 saturated carbocycles. The summed E-state index contributed by atoms with van der Waals surface area (Å²) in [6.45, 7) is 8.79. The maximum Gasteiger partial charge on any atom is 0.367 e. The molecular weight excluding hydrogens is 485 g/mol. The maximum atomic E-state index is 14.2. The molecule has 3 rings (SSSR count). The molecule has 0 spiro atoms. The molecule has 36 heavy (non-hydrogen) atoms. The van der Waals surface area contributed by atoms with Crippen molar-refractivity contribution in [2.24, 2.45) is 5.16 Å². The van der Waals surface area contributed by atoms with Crippen molar-refractivity contribution in [3.05, 3.63) is 48.5 Å². The Morgan fingerprint density at radius 1 is 1.19 bits per heavy atom. The number of carboxylic acids is 1. The highest BCUT2D eigenvalue weighted by Gasteiger charge is 2.42. The number of hydrogen-bond donors (Lipinski definition) is 2. The van der Waals surface area contributed by atoms with Gasteiger partial charge < -0.3 is 24.8 Å². The van der Waals surface area contributed by atoms with E-state index in [1.165, 1.54) is 17.9 Å². The minimum Gasteiger partial charge on any atom is -0.480 e. The number of oxime groups is 1. The molecule has 3 N–H and O–H groups in total. The topological polar surface area (TPSA) is 158 Å². The molecule has 1 unspecified atom stereocenters. The van der Waals surface area contributed by atoms with Crippen molar-refractivity contribution in [2.45, 2.75) is 59.4 Å². The molecular formula is C23H32N7O5P. The van der Waals surface area contributed by atoms with Crippen LogP contribution in [0.15, 0.2) is 48.1 Å². The van der Waals surface area contributed by atoms with Gasteiger partial charge in [0, 0.05) is 6.04 Å². The first-order chi connectivity index (χ1) is 17.0. The molecule has 12 nitrogen and oxygen atoms in total. The summed E-state index contributed by atoms with van der Waals surface area (Å²) in [5, 5.41) is 13.8. The van der Waals surface area contributed by atoms with Crippen LogP contribution in [0.3, 0.4) is 0 Å². The fraction of sp³-hybridized carbons (Fsp3) is 0.435. The zero-order chi connectivity index (χ0) is 26.5. The number of benzene rings is 1. The van der Waals surface area contributed by atoms with Crippen molar-refractivity contribution in [3.63, 3.8) is 0 Å². The Balaban J connectivity index is 1.83. The van der Waals surface area contributed by atoms with Gasteiger partial charge in [0.25, 0.3) is 0 Å². The quantitative estimate of drug-likeness (QED) is 0.207. The summed E-state index contributed by atoms with van der Waals surface area (Å²) in [6, 6.07) is 7.74. The van der Waals surface area contributed by atoms with Gasteiger partial charge >= 0.3 is 13.5 Å². The van der Waals surface area contributed by atoms with Gasteiger partial charge in [-0.3, -0.25) is 9.36 Å². The molecule has 0 aliphatic carbocycles. The van der Waals surface area contributed by atoms with E-state index in [2.05, 4.69) is 20.1 Å². The highest BCUT2D eigenvalue weighted by atomic mass is 31.2. The van der Waals surface area contributed by atoms with Gasteiger partial charge in [0.1, 0.15) is 24.2 Å². The summed E-state index contributed by atoms with van der Waals surface area (Å²) in [6.07, 6.45) is 2.10.